The van der Waals surface area contributed by atoms with Crippen molar-refractivity contribution in [2.24, 2.45) is 0 Å². The monoisotopic (exact) mass is 416 g/mol. The molecule has 0 spiro atoms. The fourth-order valence-electron chi connectivity index (χ4n) is 2.63. The fourth-order valence-corrected chi connectivity index (χ4v) is 3.08. The summed E-state index contributed by atoms with van der Waals surface area (Å²) in [6.45, 7) is 7.56. The summed E-state index contributed by atoms with van der Waals surface area (Å²) in [5.74, 6) is 2.05. The maximum Gasteiger partial charge on any atom is 0.205 e. The average Bonchev–Trinajstić information content (AvgIpc) is 3.08. The van der Waals surface area contributed by atoms with Crippen molar-refractivity contribution in [1.29, 1.82) is 0 Å². The highest BCUT2D eigenvalue weighted by Gasteiger charge is 2.13. The standard InChI is InChI=1S/C19H21BrN4O2/c1-4-25-17-10-14(16(20)11-18(17)26-5-2)12-24-22-19(21-23-24)15-9-7-6-8-13(15)3/h6-11H,4-5,12H2,1-3H3. The minimum absolute atomic E-state index is 0.478. The number of aryl methyl sites for hydroxylation is 1. The second kappa shape index (κ2) is 8.31. The summed E-state index contributed by atoms with van der Waals surface area (Å²) in [4.78, 5) is 1.58. The van der Waals surface area contributed by atoms with Crippen LogP contribution in [0.25, 0.3) is 11.4 Å². The lowest BCUT2D eigenvalue weighted by Gasteiger charge is -2.13. The van der Waals surface area contributed by atoms with E-state index in [4.69, 9.17) is 9.47 Å². The van der Waals surface area contributed by atoms with Gasteiger partial charge in [0.15, 0.2) is 11.5 Å². The molecule has 1 heterocycles. The van der Waals surface area contributed by atoms with E-state index in [1.807, 2.05) is 57.2 Å². The Labute approximate surface area is 161 Å². The van der Waals surface area contributed by atoms with E-state index in [9.17, 15) is 0 Å². The first-order valence-electron chi connectivity index (χ1n) is 8.54. The van der Waals surface area contributed by atoms with Gasteiger partial charge >= 0.3 is 0 Å². The molecule has 7 heteroatoms. The molecule has 0 fully saturated rings. The predicted octanol–water partition coefficient (Wildman–Crippen LogP) is 4.26. The van der Waals surface area contributed by atoms with Crippen LogP contribution in [0.3, 0.4) is 0 Å². The zero-order valence-corrected chi connectivity index (χ0v) is 16.7. The van der Waals surface area contributed by atoms with Crippen LogP contribution in [-0.4, -0.2) is 33.4 Å². The predicted molar refractivity (Wildman–Crippen MR) is 104 cm³/mol. The van der Waals surface area contributed by atoms with Gasteiger partial charge in [-0.05, 0) is 49.2 Å². The zero-order chi connectivity index (χ0) is 18.5. The van der Waals surface area contributed by atoms with Gasteiger partial charge < -0.3 is 9.47 Å². The van der Waals surface area contributed by atoms with E-state index in [2.05, 4.69) is 31.3 Å². The number of nitrogens with zero attached hydrogens (tertiary/aromatic N) is 4. The Hall–Kier alpha value is -2.41. The molecule has 0 saturated carbocycles. The number of rotatable bonds is 7. The minimum atomic E-state index is 0.478. The van der Waals surface area contributed by atoms with E-state index in [0.717, 1.165) is 26.9 Å². The Morgan fingerprint density at radius 1 is 1.04 bits per heavy atom. The summed E-state index contributed by atoms with van der Waals surface area (Å²) >= 11 is 3.60. The Bertz CT molecular complexity index is 895. The molecular weight excluding hydrogens is 396 g/mol. The van der Waals surface area contributed by atoms with Gasteiger partial charge in [0.2, 0.25) is 5.82 Å². The lowest BCUT2D eigenvalue weighted by Crippen LogP contribution is -2.06. The van der Waals surface area contributed by atoms with Crippen LogP contribution in [0, 0.1) is 6.92 Å². The van der Waals surface area contributed by atoms with Crippen molar-refractivity contribution in [3.05, 3.63) is 52.0 Å². The molecule has 0 amide bonds. The molecule has 0 aliphatic heterocycles. The molecule has 26 heavy (non-hydrogen) atoms. The highest BCUT2D eigenvalue weighted by atomic mass is 79.9. The zero-order valence-electron chi connectivity index (χ0n) is 15.1. The Morgan fingerprint density at radius 3 is 2.42 bits per heavy atom. The van der Waals surface area contributed by atoms with Crippen LogP contribution in [0.1, 0.15) is 25.0 Å². The van der Waals surface area contributed by atoms with Gasteiger partial charge in [0.05, 0.1) is 19.8 Å². The molecule has 0 radical (unpaired) electrons. The summed E-state index contributed by atoms with van der Waals surface area (Å²) in [5.41, 5.74) is 3.10. The van der Waals surface area contributed by atoms with E-state index in [0.29, 0.717) is 31.3 Å². The van der Waals surface area contributed by atoms with Gasteiger partial charge in [-0.15, -0.1) is 10.2 Å². The van der Waals surface area contributed by atoms with Crippen molar-refractivity contribution >= 4 is 15.9 Å². The van der Waals surface area contributed by atoms with Crippen LogP contribution in [0.5, 0.6) is 11.5 Å². The molecule has 0 unspecified atom stereocenters. The van der Waals surface area contributed by atoms with Crippen molar-refractivity contribution in [3.63, 3.8) is 0 Å². The van der Waals surface area contributed by atoms with Crippen LogP contribution >= 0.6 is 15.9 Å². The van der Waals surface area contributed by atoms with E-state index < -0.39 is 0 Å². The van der Waals surface area contributed by atoms with Crippen molar-refractivity contribution in [1.82, 2.24) is 20.2 Å². The van der Waals surface area contributed by atoms with Gasteiger partial charge in [-0.2, -0.15) is 4.80 Å². The second-order valence-corrected chi connectivity index (χ2v) is 6.57. The molecule has 3 aromatic rings. The molecule has 0 aliphatic carbocycles. The topological polar surface area (TPSA) is 62.1 Å². The molecule has 3 rings (SSSR count). The van der Waals surface area contributed by atoms with E-state index in [1.165, 1.54) is 0 Å². The first-order chi connectivity index (χ1) is 12.6. The highest BCUT2D eigenvalue weighted by Crippen LogP contribution is 2.34. The summed E-state index contributed by atoms with van der Waals surface area (Å²) in [7, 11) is 0. The number of benzene rings is 2. The molecule has 136 valence electrons. The van der Waals surface area contributed by atoms with Crippen LogP contribution in [0.2, 0.25) is 0 Å². The summed E-state index contributed by atoms with van der Waals surface area (Å²) in [6, 6.07) is 11.9. The molecule has 0 N–H and O–H groups in total. The Morgan fingerprint density at radius 2 is 1.73 bits per heavy atom. The van der Waals surface area contributed by atoms with Crippen molar-refractivity contribution in [2.75, 3.05) is 13.2 Å². The molecule has 1 aromatic heterocycles. The first-order valence-corrected chi connectivity index (χ1v) is 9.33. The SMILES string of the molecule is CCOc1cc(Br)c(Cn2nnc(-c3ccccc3C)n2)cc1OCC. The summed E-state index contributed by atoms with van der Waals surface area (Å²) in [5, 5.41) is 12.9. The second-order valence-electron chi connectivity index (χ2n) is 5.71. The maximum atomic E-state index is 5.70. The van der Waals surface area contributed by atoms with Crippen LogP contribution in [-0.2, 0) is 6.54 Å². The number of hydrogen-bond acceptors (Lipinski definition) is 5. The number of hydrogen-bond donors (Lipinski definition) is 0. The third kappa shape index (κ3) is 4.04. The number of halogens is 1. The number of tetrazole rings is 1. The first kappa shape index (κ1) is 18.4. The maximum absolute atomic E-state index is 5.70. The quantitative estimate of drug-likeness (QED) is 0.575. The highest BCUT2D eigenvalue weighted by molar-refractivity contribution is 9.10. The van der Waals surface area contributed by atoms with Crippen LogP contribution in [0.4, 0.5) is 0 Å². The molecular formula is C19H21BrN4O2. The molecule has 0 atom stereocenters. The molecule has 2 aromatic carbocycles. The van der Waals surface area contributed by atoms with Crippen molar-refractivity contribution in [2.45, 2.75) is 27.3 Å². The fraction of sp³-hybridized carbons (Fsp3) is 0.316. The largest absolute Gasteiger partial charge is 0.490 e. The van der Waals surface area contributed by atoms with Crippen LogP contribution in [0.15, 0.2) is 40.9 Å². The van der Waals surface area contributed by atoms with Gasteiger partial charge in [-0.3, -0.25) is 0 Å². The summed E-state index contributed by atoms with van der Waals surface area (Å²) in [6.07, 6.45) is 0. The van der Waals surface area contributed by atoms with Gasteiger partial charge in [0, 0.05) is 10.0 Å². The number of aromatic nitrogens is 4. The Kier molecular flexibility index (Phi) is 5.88. The average molecular weight is 417 g/mol. The molecule has 6 nitrogen and oxygen atoms in total. The third-order valence-corrected chi connectivity index (χ3v) is 4.60. The molecule has 0 aliphatic rings. The van der Waals surface area contributed by atoms with Gasteiger partial charge in [-0.1, -0.05) is 40.2 Å². The smallest absolute Gasteiger partial charge is 0.205 e. The Balaban J connectivity index is 1.87. The van der Waals surface area contributed by atoms with Crippen molar-refractivity contribution in [3.8, 4) is 22.9 Å². The van der Waals surface area contributed by atoms with Crippen molar-refractivity contribution < 1.29 is 9.47 Å². The van der Waals surface area contributed by atoms with Gasteiger partial charge in [-0.25, -0.2) is 0 Å². The number of ether oxygens (including phenoxy) is 2. The lowest BCUT2D eigenvalue weighted by atomic mass is 10.1. The van der Waals surface area contributed by atoms with Crippen LogP contribution < -0.4 is 9.47 Å². The van der Waals surface area contributed by atoms with E-state index >= 15 is 0 Å². The third-order valence-electron chi connectivity index (χ3n) is 3.86. The van der Waals surface area contributed by atoms with Gasteiger partial charge in [0.1, 0.15) is 0 Å². The van der Waals surface area contributed by atoms with Gasteiger partial charge in [0.25, 0.3) is 0 Å². The normalized spacial score (nSPS) is 10.8. The lowest BCUT2D eigenvalue weighted by molar-refractivity contribution is 0.287. The van der Waals surface area contributed by atoms with E-state index in [1.54, 1.807) is 4.80 Å². The molecule has 0 saturated heterocycles. The summed E-state index contributed by atoms with van der Waals surface area (Å²) < 4.78 is 12.3. The molecule has 0 bridgehead atoms. The minimum Gasteiger partial charge on any atom is -0.490 e. The van der Waals surface area contributed by atoms with E-state index in [-0.39, 0.29) is 0 Å².